The molecule has 0 saturated carbocycles. The molecule has 0 fully saturated rings. The zero-order chi connectivity index (χ0) is 27.0. The zero-order valence-corrected chi connectivity index (χ0v) is 23.8. The predicted molar refractivity (Wildman–Crippen MR) is 147 cm³/mol. The van der Waals surface area contributed by atoms with Crippen LogP contribution in [-0.2, 0) is 26.2 Å². The molecule has 36 heavy (non-hydrogen) atoms. The van der Waals surface area contributed by atoms with E-state index in [1.54, 1.807) is 30.3 Å². The van der Waals surface area contributed by atoms with Crippen molar-refractivity contribution in [2.45, 2.75) is 59.0 Å². The molecule has 0 radical (unpaired) electrons. The van der Waals surface area contributed by atoms with Gasteiger partial charge >= 0.3 is 0 Å². The highest BCUT2D eigenvalue weighted by atomic mass is 35.5. The van der Waals surface area contributed by atoms with Crippen LogP contribution in [0.5, 0.6) is 0 Å². The Morgan fingerprint density at radius 1 is 1.03 bits per heavy atom. The average Bonchev–Trinajstić information content (AvgIpc) is 2.82. The molecule has 0 unspecified atom stereocenters. The summed E-state index contributed by atoms with van der Waals surface area (Å²) in [5.41, 5.74) is 1.92. The third-order valence-electron chi connectivity index (χ3n) is 5.78. The van der Waals surface area contributed by atoms with Crippen molar-refractivity contribution in [2.24, 2.45) is 0 Å². The number of anilines is 1. The van der Waals surface area contributed by atoms with Gasteiger partial charge in [-0.3, -0.25) is 13.9 Å². The second-order valence-corrected chi connectivity index (χ2v) is 11.7. The summed E-state index contributed by atoms with van der Waals surface area (Å²) in [6.07, 6.45) is 2.17. The predicted octanol–water partition coefficient (Wildman–Crippen LogP) is 5.22. The summed E-state index contributed by atoms with van der Waals surface area (Å²) in [7, 11) is -3.81. The van der Waals surface area contributed by atoms with Crippen LogP contribution in [0.4, 0.5) is 5.69 Å². The number of nitrogens with zero attached hydrogens (tertiary/aromatic N) is 2. The molecule has 0 aromatic heterocycles. The molecule has 7 nitrogen and oxygen atoms in total. The van der Waals surface area contributed by atoms with Crippen molar-refractivity contribution in [1.29, 1.82) is 0 Å². The van der Waals surface area contributed by atoms with Gasteiger partial charge in [0.15, 0.2) is 0 Å². The summed E-state index contributed by atoms with van der Waals surface area (Å²) in [6.45, 7) is 7.77. The van der Waals surface area contributed by atoms with Gasteiger partial charge in [-0.2, -0.15) is 0 Å². The Kier molecular flexibility index (Phi) is 11.1. The number of para-hydroxylation sites is 1. The summed E-state index contributed by atoms with van der Waals surface area (Å²) in [6, 6.07) is 11.3. The maximum absolute atomic E-state index is 13.8. The molecule has 2 amide bonds. The Bertz CT molecular complexity index is 1170. The first-order valence-electron chi connectivity index (χ1n) is 12.0. The molecule has 0 spiro atoms. The van der Waals surface area contributed by atoms with E-state index in [4.69, 9.17) is 23.2 Å². The highest BCUT2D eigenvalue weighted by molar-refractivity contribution is 7.92. The Balaban J connectivity index is 2.51. The summed E-state index contributed by atoms with van der Waals surface area (Å²) in [5.74, 6) is -0.749. The molecule has 0 saturated heterocycles. The maximum Gasteiger partial charge on any atom is 0.244 e. The molecular formula is C26H35Cl2N3O4S. The monoisotopic (exact) mass is 555 g/mol. The van der Waals surface area contributed by atoms with Crippen LogP contribution in [0.3, 0.4) is 0 Å². The van der Waals surface area contributed by atoms with E-state index in [0.29, 0.717) is 34.3 Å². The van der Waals surface area contributed by atoms with Gasteiger partial charge in [-0.15, -0.1) is 0 Å². The van der Waals surface area contributed by atoms with E-state index in [2.05, 4.69) is 5.32 Å². The van der Waals surface area contributed by atoms with Gasteiger partial charge in [0.25, 0.3) is 0 Å². The van der Waals surface area contributed by atoms with Crippen molar-refractivity contribution < 1.29 is 18.0 Å². The number of sulfonamides is 1. The van der Waals surface area contributed by atoms with Gasteiger partial charge in [-0.1, -0.05) is 75.2 Å². The minimum Gasteiger partial charge on any atom is -0.354 e. The molecular weight excluding hydrogens is 521 g/mol. The SMILES string of the molecule is CCCNC(=O)[C@@H](CC)N(Cc1ccc(Cl)c(Cl)c1)C(=O)CN(c1ccccc1C(C)C)S(C)(=O)=O. The van der Waals surface area contributed by atoms with Gasteiger partial charge in [0.2, 0.25) is 21.8 Å². The van der Waals surface area contributed by atoms with Crippen LogP contribution in [0.2, 0.25) is 10.0 Å². The number of halogens is 2. The first-order valence-corrected chi connectivity index (χ1v) is 14.6. The van der Waals surface area contributed by atoms with Crippen molar-refractivity contribution in [3.8, 4) is 0 Å². The zero-order valence-electron chi connectivity index (χ0n) is 21.4. The van der Waals surface area contributed by atoms with Gasteiger partial charge in [-0.25, -0.2) is 8.42 Å². The fourth-order valence-electron chi connectivity index (χ4n) is 3.92. The molecule has 198 valence electrons. The quantitative estimate of drug-likeness (QED) is 0.389. The number of benzene rings is 2. The van der Waals surface area contributed by atoms with Crippen LogP contribution >= 0.6 is 23.2 Å². The highest BCUT2D eigenvalue weighted by Gasteiger charge is 2.32. The van der Waals surface area contributed by atoms with Crippen molar-refractivity contribution in [3.63, 3.8) is 0 Å². The molecule has 2 aromatic carbocycles. The topological polar surface area (TPSA) is 86.8 Å². The van der Waals surface area contributed by atoms with Crippen molar-refractivity contribution in [2.75, 3.05) is 23.7 Å². The van der Waals surface area contributed by atoms with Gasteiger partial charge in [0.1, 0.15) is 12.6 Å². The summed E-state index contributed by atoms with van der Waals surface area (Å²) in [5, 5.41) is 3.55. The van der Waals surface area contributed by atoms with Crippen LogP contribution in [0, 0.1) is 0 Å². The fourth-order valence-corrected chi connectivity index (χ4v) is 5.11. The van der Waals surface area contributed by atoms with E-state index < -0.39 is 28.5 Å². The average molecular weight is 557 g/mol. The third-order valence-corrected chi connectivity index (χ3v) is 7.64. The summed E-state index contributed by atoms with van der Waals surface area (Å²) >= 11 is 12.2. The number of carbonyl (C=O) groups is 2. The standard InChI is InChI=1S/C26H35Cl2N3O4S/c1-6-14-29-26(33)23(7-2)30(16-19-12-13-21(27)22(28)15-19)25(32)17-31(36(5,34)35)24-11-9-8-10-20(24)18(3)4/h8-13,15,18,23H,6-7,14,16-17H2,1-5H3,(H,29,33)/t23-/m1/s1. The lowest BCUT2D eigenvalue weighted by atomic mass is 10.0. The van der Waals surface area contributed by atoms with Crippen LogP contribution in [0.25, 0.3) is 0 Å². The second-order valence-electron chi connectivity index (χ2n) is 8.97. The lowest BCUT2D eigenvalue weighted by molar-refractivity contribution is -0.140. The Morgan fingerprint density at radius 2 is 1.69 bits per heavy atom. The first kappa shape index (κ1) is 29.9. The van der Waals surface area contributed by atoms with Crippen LogP contribution in [0.1, 0.15) is 57.6 Å². The van der Waals surface area contributed by atoms with Crippen molar-refractivity contribution in [1.82, 2.24) is 10.2 Å². The van der Waals surface area contributed by atoms with Crippen LogP contribution < -0.4 is 9.62 Å². The van der Waals surface area contributed by atoms with E-state index in [1.807, 2.05) is 39.8 Å². The van der Waals surface area contributed by atoms with E-state index in [9.17, 15) is 18.0 Å². The van der Waals surface area contributed by atoms with Gasteiger partial charge < -0.3 is 10.2 Å². The number of hydrogen-bond acceptors (Lipinski definition) is 4. The Morgan fingerprint density at radius 3 is 2.25 bits per heavy atom. The van der Waals surface area contributed by atoms with E-state index in [-0.39, 0.29) is 18.4 Å². The third kappa shape index (κ3) is 7.85. The number of amides is 2. The second kappa shape index (κ2) is 13.3. The largest absolute Gasteiger partial charge is 0.354 e. The molecule has 2 aromatic rings. The molecule has 1 N–H and O–H groups in total. The molecule has 0 bridgehead atoms. The number of rotatable bonds is 12. The fraction of sp³-hybridized carbons (Fsp3) is 0.462. The number of hydrogen-bond donors (Lipinski definition) is 1. The maximum atomic E-state index is 13.8. The Hall–Kier alpha value is -2.29. The molecule has 0 aliphatic heterocycles. The molecule has 10 heteroatoms. The molecule has 1 atom stereocenters. The summed E-state index contributed by atoms with van der Waals surface area (Å²) in [4.78, 5) is 28.2. The van der Waals surface area contributed by atoms with Crippen LogP contribution in [-0.4, -0.2) is 50.5 Å². The van der Waals surface area contributed by atoms with E-state index in [0.717, 1.165) is 22.5 Å². The highest BCUT2D eigenvalue weighted by Crippen LogP contribution is 2.29. The smallest absolute Gasteiger partial charge is 0.244 e. The normalized spacial score (nSPS) is 12.3. The first-order chi connectivity index (χ1) is 16.9. The minimum atomic E-state index is -3.81. The molecule has 2 rings (SSSR count). The Labute approximate surface area is 224 Å². The van der Waals surface area contributed by atoms with Crippen LogP contribution in [0.15, 0.2) is 42.5 Å². The summed E-state index contributed by atoms with van der Waals surface area (Å²) < 4.78 is 26.8. The lowest BCUT2D eigenvalue weighted by Gasteiger charge is -2.33. The van der Waals surface area contributed by atoms with Crippen molar-refractivity contribution >= 4 is 50.7 Å². The van der Waals surface area contributed by atoms with Gasteiger partial charge in [-0.05, 0) is 48.1 Å². The van der Waals surface area contributed by atoms with Gasteiger partial charge in [0, 0.05) is 13.1 Å². The molecule has 0 aliphatic carbocycles. The minimum absolute atomic E-state index is 0.0380. The number of carbonyl (C=O) groups excluding carboxylic acids is 2. The van der Waals surface area contributed by atoms with E-state index >= 15 is 0 Å². The molecule has 0 heterocycles. The molecule has 0 aliphatic rings. The van der Waals surface area contributed by atoms with Crippen molar-refractivity contribution in [3.05, 3.63) is 63.6 Å². The number of nitrogens with one attached hydrogen (secondary N) is 1. The van der Waals surface area contributed by atoms with Gasteiger partial charge in [0.05, 0.1) is 22.0 Å². The van der Waals surface area contributed by atoms with E-state index in [1.165, 1.54) is 4.90 Å². The lowest BCUT2D eigenvalue weighted by Crippen LogP contribution is -2.52.